The average molecular weight is 442 g/mol. The Bertz CT molecular complexity index is 1120. The van der Waals surface area contributed by atoms with Crippen LogP contribution in [-0.2, 0) is 0 Å². The first-order valence-electron chi connectivity index (χ1n) is 8.51. The van der Waals surface area contributed by atoms with E-state index in [1.54, 1.807) is 47.1 Å². The zero-order valence-corrected chi connectivity index (χ0v) is 16.2. The first-order valence-corrected chi connectivity index (χ1v) is 9.31. The van der Waals surface area contributed by atoms with Gasteiger partial charge in [0.05, 0.1) is 22.6 Å². The second kappa shape index (κ2) is 7.73. The largest absolute Gasteiger partial charge is 0.507 e. The lowest BCUT2D eigenvalue weighted by molar-refractivity contribution is 0.0927. The van der Waals surface area contributed by atoms with Crippen molar-refractivity contribution in [1.82, 2.24) is 19.9 Å². The highest BCUT2D eigenvalue weighted by molar-refractivity contribution is 9.10. The van der Waals surface area contributed by atoms with Crippen molar-refractivity contribution in [2.75, 3.05) is 18.4 Å². The van der Waals surface area contributed by atoms with Crippen LogP contribution < -0.4 is 10.6 Å². The molecule has 0 aliphatic heterocycles. The van der Waals surface area contributed by atoms with E-state index in [1.165, 1.54) is 6.26 Å². The summed E-state index contributed by atoms with van der Waals surface area (Å²) in [5, 5.41) is 20.5. The average Bonchev–Trinajstić information content (AvgIpc) is 3.36. The van der Waals surface area contributed by atoms with Crippen LogP contribution >= 0.6 is 15.9 Å². The van der Waals surface area contributed by atoms with E-state index in [0.29, 0.717) is 35.8 Å². The Kier molecular flexibility index (Phi) is 4.98. The van der Waals surface area contributed by atoms with Gasteiger partial charge in [0.15, 0.2) is 11.4 Å². The maximum absolute atomic E-state index is 11.9. The predicted molar refractivity (Wildman–Crippen MR) is 107 cm³/mol. The second-order valence-corrected chi connectivity index (χ2v) is 6.79. The van der Waals surface area contributed by atoms with Gasteiger partial charge < -0.3 is 20.2 Å². The van der Waals surface area contributed by atoms with Crippen molar-refractivity contribution in [3.05, 3.63) is 65.2 Å². The number of para-hydroxylation sites is 1. The van der Waals surface area contributed by atoms with Gasteiger partial charge in [-0.3, -0.25) is 4.79 Å². The number of carbonyl (C=O) groups excluding carboxylic acids is 1. The standard InChI is InChI=1S/C19H16BrN5O3/c20-13-11-23-25-17(21-7-8-22-19(27)16-6-3-9-28-16)10-14(24-18(13)25)12-4-1-2-5-15(12)26/h1-6,9-11,21,26H,7-8H2,(H,22,27). The van der Waals surface area contributed by atoms with Gasteiger partial charge in [0.2, 0.25) is 0 Å². The third kappa shape index (κ3) is 3.56. The number of phenols is 1. The van der Waals surface area contributed by atoms with Gasteiger partial charge in [0.1, 0.15) is 11.6 Å². The van der Waals surface area contributed by atoms with Crippen LogP contribution in [0.2, 0.25) is 0 Å². The number of nitrogens with one attached hydrogen (secondary N) is 2. The molecule has 0 spiro atoms. The Morgan fingerprint density at radius 3 is 2.86 bits per heavy atom. The number of anilines is 1. The van der Waals surface area contributed by atoms with Crippen LogP contribution in [0, 0.1) is 0 Å². The lowest BCUT2D eigenvalue weighted by Crippen LogP contribution is -2.28. The number of halogens is 1. The number of aromatic hydroxyl groups is 1. The number of amides is 1. The second-order valence-electron chi connectivity index (χ2n) is 5.93. The van der Waals surface area contributed by atoms with Gasteiger partial charge in [-0.05, 0) is 40.2 Å². The lowest BCUT2D eigenvalue weighted by atomic mass is 10.1. The molecule has 1 amide bonds. The smallest absolute Gasteiger partial charge is 0.287 e. The van der Waals surface area contributed by atoms with E-state index in [0.717, 1.165) is 4.47 Å². The summed E-state index contributed by atoms with van der Waals surface area (Å²) in [6, 6.07) is 12.1. The summed E-state index contributed by atoms with van der Waals surface area (Å²) in [6.45, 7) is 0.848. The summed E-state index contributed by atoms with van der Waals surface area (Å²) < 4.78 is 7.45. The summed E-state index contributed by atoms with van der Waals surface area (Å²) in [5.41, 5.74) is 1.84. The zero-order valence-electron chi connectivity index (χ0n) is 14.6. The van der Waals surface area contributed by atoms with E-state index in [1.807, 2.05) is 6.07 Å². The zero-order chi connectivity index (χ0) is 19.5. The first kappa shape index (κ1) is 18.1. The molecule has 0 saturated heterocycles. The van der Waals surface area contributed by atoms with E-state index in [-0.39, 0.29) is 17.4 Å². The molecule has 28 heavy (non-hydrogen) atoms. The number of phenolic OH excluding ortho intramolecular Hbond substituents is 1. The van der Waals surface area contributed by atoms with Crippen LogP contribution in [0.4, 0.5) is 5.82 Å². The molecule has 0 fully saturated rings. The van der Waals surface area contributed by atoms with Crippen molar-refractivity contribution in [2.24, 2.45) is 0 Å². The molecule has 0 aliphatic carbocycles. The number of carbonyl (C=O) groups is 1. The fourth-order valence-corrected chi connectivity index (χ4v) is 3.10. The molecule has 4 aromatic rings. The summed E-state index contributed by atoms with van der Waals surface area (Å²) >= 11 is 3.45. The molecule has 142 valence electrons. The molecule has 4 rings (SSSR count). The Labute approximate surface area is 168 Å². The predicted octanol–water partition coefficient (Wildman–Crippen LogP) is 3.30. The molecule has 0 aliphatic rings. The van der Waals surface area contributed by atoms with Gasteiger partial charge in [-0.25, -0.2) is 4.98 Å². The van der Waals surface area contributed by atoms with Crippen molar-refractivity contribution in [1.29, 1.82) is 0 Å². The molecule has 0 unspecified atom stereocenters. The van der Waals surface area contributed by atoms with Crippen molar-refractivity contribution < 1.29 is 14.3 Å². The van der Waals surface area contributed by atoms with Crippen LogP contribution in [0.3, 0.4) is 0 Å². The minimum absolute atomic E-state index is 0.145. The van der Waals surface area contributed by atoms with Crippen LogP contribution in [0.25, 0.3) is 16.9 Å². The number of hydrogen-bond donors (Lipinski definition) is 3. The molecule has 9 heteroatoms. The fourth-order valence-electron chi connectivity index (χ4n) is 2.75. The Balaban J connectivity index is 1.54. The van der Waals surface area contributed by atoms with Crippen LogP contribution in [0.15, 0.2) is 63.8 Å². The minimum atomic E-state index is -0.275. The van der Waals surface area contributed by atoms with Gasteiger partial charge in [-0.1, -0.05) is 12.1 Å². The highest BCUT2D eigenvalue weighted by atomic mass is 79.9. The molecule has 0 bridgehead atoms. The van der Waals surface area contributed by atoms with Crippen molar-refractivity contribution in [2.45, 2.75) is 0 Å². The van der Waals surface area contributed by atoms with E-state index in [4.69, 9.17) is 4.42 Å². The van der Waals surface area contributed by atoms with Crippen molar-refractivity contribution in [3.63, 3.8) is 0 Å². The molecule has 3 N–H and O–H groups in total. The fraction of sp³-hybridized carbons (Fsp3) is 0.105. The number of aromatic nitrogens is 3. The molecule has 0 atom stereocenters. The van der Waals surface area contributed by atoms with E-state index < -0.39 is 0 Å². The first-order chi connectivity index (χ1) is 13.6. The molecular weight excluding hydrogens is 426 g/mol. The molecule has 3 heterocycles. The maximum Gasteiger partial charge on any atom is 0.287 e. The monoisotopic (exact) mass is 441 g/mol. The third-order valence-electron chi connectivity index (χ3n) is 4.07. The SMILES string of the molecule is O=C(NCCNc1cc(-c2ccccc2O)nc2c(Br)cnn12)c1ccco1. The quantitative estimate of drug-likeness (QED) is 0.396. The summed E-state index contributed by atoms with van der Waals surface area (Å²) in [6.07, 6.45) is 3.11. The number of benzene rings is 1. The van der Waals surface area contributed by atoms with Gasteiger partial charge in [-0.2, -0.15) is 9.61 Å². The number of fused-ring (bicyclic) bond motifs is 1. The third-order valence-corrected chi connectivity index (χ3v) is 4.63. The van der Waals surface area contributed by atoms with Crippen molar-refractivity contribution >= 4 is 33.3 Å². The van der Waals surface area contributed by atoms with Gasteiger partial charge in [0, 0.05) is 24.7 Å². The number of nitrogens with zero attached hydrogens (tertiary/aromatic N) is 3. The van der Waals surface area contributed by atoms with Crippen LogP contribution in [0.5, 0.6) is 5.75 Å². The topological polar surface area (TPSA) is 105 Å². The summed E-state index contributed by atoms with van der Waals surface area (Å²) in [4.78, 5) is 16.5. The number of furan rings is 1. The normalized spacial score (nSPS) is 10.9. The van der Waals surface area contributed by atoms with E-state index >= 15 is 0 Å². The van der Waals surface area contributed by atoms with Crippen molar-refractivity contribution in [3.8, 4) is 17.0 Å². The summed E-state index contributed by atoms with van der Waals surface area (Å²) in [5.74, 6) is 0.820. The molecule has 0 radical (unpaired) electrons. The Morgan fingerprint density at radius 2 is 2.07 bits per heavy atom. The molecule has 8 nitrogen and oxygen atoms in total. The number of rotatable bonds is 6. The molecular formula is C19H16BrN5O3. The molecule has 1 aromatic carbocycles. The van der Waals surface area contributed by atoms with Crippen LogP contribution in [0.1, 0.15) is 10.6 Å². The van der Waals surface area contributed by atoms with E-state index in [9.17, 15) is 9.90 Å². The highest BCUT2D eigenvalue weighted by Crippen LogP contribution is 2.30. The summed E-state index contributed by atoms with van der Waals surface area (Å²) in [7, 11) is 0. The van der Waals surface area contributed by atoms with Gasteiger partial charge >= 0.3 is 0 Å². The maximum atomic E-state index is 11.9. The molecule has 3 aromatic heterocycles. The van der Waals surface area contributed by atoms with Gasteiger partial charge in [-0.15, -0.1) is 0 Å². The van der Waals surface area contributed by atoms with Gasteiger partial charge in [0.25, 0.3) is 5.91 Å². The number of hydrogen-bond acceptors (Lipinski definition) is 6. The van der Waals surface area contributed by atoms with Crippen LogP contribution in [-0.4, -0.2) is 38.7 Å². The van der Waals surface area contributed by atoms with E-state index in [2.05, 4.69) is 36.6 Å². The Morgan fingerprint density at radius 1 is 1.21 bits per heavy atom. The minimum Gasteiger partial charge on any atom is -0.507 e. The lowest BCUT2D eigenvalue weighted by Gasteiger charge is -2.12. The molecule has 0 saturated carbocycles. The Hall–Kier alpha value is -3.33. The highest BCUT2D eigenvalue weighted by Gasteiger charge is 2.13.